The SMILES string of the molecule is CCCCC(NC(=O)c1ccc2c(c1)OCO2)C(=O)CC. The molecule has 114 valence electrons. The molecule has 1 atom stereocenters. The first-order chi connectivity index (χ1) is 10.2. The van der Waals surface area contributed by atoms with Gasteiger partial charge in [0.1, 0.15) is 0 Å². The Morgan fingerprint density at radius 1 is 1.24 bits per heavy atom. The molecule has 1 aromatic rings. The number of carbonyl (C=O) groups is 2. The monoisotopic (exact) mass is 291 g/mol. The third-order valence-electron chi connectivity index (χ3n) is 3.52. The van der Waals surface area contributed by atoms with E-state index in [4.69, 9.17) is 9.47 Å². The van der Waals surface area contributed by atoms with Gasteiger partial charge < -0.3 is 14.8 Å². The van der Waals surface area contributed by atoms with Crippen molar-refractivity contribution in [2.24, 2.45) is 0 Å². The molecule has 0 aliphatic carbocycles. The van der Waals surface area contributed by atoms with Crippen molar-refractivity contribution >= 4 is 11.7 Å². The molecule has 21 heavy (non-hydrogen) atoms. The van der Waals surface area contributed by atoms with Gasteiger partial charge in [0.2, 0.25) is 6.79 Å². The van der Waals surface area contributed by atoms with Crippen molar-refractivity contribution in [3.05, 3.63) is 23.8 Å². The maximum atomic E-state index is 12.3. The Hall–Kier alpha value is -2.04. The number of amides is 1. The minimum Gasteiger partial charge on any atom is -0.454 e. The number of unbranched alkanes of at least 4 members (excludes halogenated alkanes) is 1. The molecule has 1 unspecified atom stereocenters. The summed E-state index contributed by atoms with van der Waals surface area (Å²) in [5.74, 6) is 1.02. The zero-order valence-corrected chi connectivity index (χ0v) is 12.5. The van der Waals surface area contributed by atoms with Gasteiger partial charge in [-0.3, -0.25) is 9.59 Å². The van der Waals surface area contributed by atoms with Gasteiger partial charge in [0, 0.05) is 12.0 Å². The first kappa shape index (κ1) is 15.4. The van der Waals surface area contributed by atoms with Crippen LogP contribution in [0, 0.1) is 0 Å². The summed E-state index contributed by atoms with van der Waals surface area (Å²) < 4.78 is 10.5. The Labute approximate surface area is 124 Å². The van der Waals surface area contributed by atoms with E-state index >= 15 is 0 Å². The van der Waals surface area contributed by atoms with Gasteiger partial charge in [-0.1, -0.05) is 26.7 Å². The average Bonchev–Trinajstić information content (AvgIpc) is 2.97. The Bertz CT molecular complexity index is 527. The second kappa shape index (κ2) is 7.11. The number of Topliss-reactive ketones (excluding diaryl/α,β-unsaturated/α-hetero) is 1. The van der Waals surface area contributed by atoms with Crippen LogP contribution in [-0.4, -0.2) is 24.5 Å². The fraction of sp³-hybridized carbons (Fsp3) is 0.500. The van der Waals surface area contributed by atoms with Crippen molar-refractivity contribution in [3.63, 3.8) is 0 Å². The summed E-state index contributed by atoms with van der Waals surface area (Å²) in [6.45, 7) is 4.05. The van der Waals surface area contributed by atoms with Crippen LogP contribution in [0.15, 0.2) is 18.2 Å². The van der Waals surface area contributed by atoms with Crippen LogP contribution in [0.4, 0.5) is 0 Å². The first-order valence-corrected chi connectivity index (χ1v) is 7.39. The van der Waals surface area contributed by atoms with Crippen LogP contribution < -0.4 is 14.8 Å². The predicted octanol–water partition coefficient (Wildman–Crippen LogP) is 2.68. The summed E-state index contributed by atoms with van der Waals surface area (Å²) in [6, 6.07) is 4.62. The minimum atomic E-state index is -0.409. The van der Waals surface area contributed by atoms with Crippen molar-refractivity contribution in [3.8, 4) is 11.5 Å². The first-order valence-electron chi connectivity index (χ1n) is 7.39. The molecule has 1 aliphatic rings. The molecule has 0 saturated carbocycles. The van der Waals surface area contributed by atoms with Crippen molar-refractivity contribution in [1.29, 1.82) is 0 Å². The van der Waals surface area contributed by atoms with Crippen LogP contribution in [-0.2, 0) is 4.79 Å². The zero-order valence-electron chi connectivity index (χ0n) is 12.5. The van der Waals surface area contributed by atoms with E-state index in [1.165, 1.54) is 0 Å². The van der Waals surface area contributed by atoms with Crippen molar-refractivity contribution in [2.75, 3.05) is 6.79 Å². The smallest absolute Gasteiger partial charge is 0.252 e. The lowest BCUT2D eigenvalue weighted by molar-refractivity contribution is -0.120. The van der Waals surface area contributed by atoms with Gasteiger partial charge in [0.25, 0.3) is 5.91 Å². The molecular formula is C16H21NO4. The van der Waals surface area contributed by atoms with Crippen molar-refractivity contribution in [1.82, 2.24) is 5.32 Å². The normalized spacial score (nSPS) is 13.8. The van der Waals surface area contributed by atoms with Crippen LogP contribution in [0.3, 0.4) is 0 Å². The summed E-state index contributed by atoms with van der Waals surface area (Å²) in [5.41, 5.74) is 0.477. The van der Waals surface area contributed by atoms with E-state index in [-0.39, 0.29) is 18.5 Å². The maximum Gasteiger partial charge on any atom is 0.252 e. The largest absolute Gasteiger partial charge is 0.454 e. The molecule has 0 bridgehead atoms. The van der Waals surface area contributed by atoms with Gasteiger partial charge in [-0.25, -0.2) is 0 Å². The summed E-state index contributed by atoms with van der Waals surface area (Å²) in [6.07, 6.45) is 3.01. The number of ketones is 1. The van der Waals surface area contributed by atoms with E-state index in [1.807, 2.05) is 6.92 Å². The van der Waals surface area contributed by atoms with Crippen LogP contribution >= 0.6 is 0 Å². The third kappa shape index (κ3) is 3.74. The molecule has 2 rings (SSSR count). The molecule has 1 aromatic carbocycles. The predicted molar refractivity (Wildman–Crippen MR) is 78.6 cm³/mol. The molecule has 1 heterocycles. The van der Waals surface area contributed by atoms with Crippen LogP contribution in [0.1, 0.15) is 49.9 Å². The van der Waals surface area contributed by atoms with Crippen LogP contribution in [0.2, 0.25) is 0 Å². The Morgan fingerprint density at radius 2 is 2.00 bits per heavy atom. The van der Waals surface area contributed by atoms with Crippen LogP contribution in [0.5, 0.6) is 11.5 Å². The van der Waals surface area contributed by atoms with Gasteiger partial charge >= 0.3 is 0 Å². The number of hydrogen-bond acceptors (Lipinski definition) is 4. The highest BCUT2D eigenvalue weighted by atomic mass is 16.7. The van der Waals surface area contributed by atoms with Gasteiger partial charge in [-0.15, -0.1) is 0 Å². The van der Waals surface area contributed by atoms with Crippen LogP contribution in [0.25, 0.3) is 0 Å². The fourth-order valence-electron chi connectivity index (χ4n) is 2.25. The molecular weight excluding hydrogens is 270 g/mol. The number of nitrogens with one attached hydrogen (secondary N) is 1. The molecule has 1 aliphatic heterocycles. The fourth-order valence-corrected chi connectivity index (χ4v) is 2.25. The number of ether oxygens (including phenoxy) is 2. The molecule has 0 aromatic heterocycles. The number of benzene rings is 1. The van der Waals surface area contributed by atoms with Crippen molar-refractivity contribution < 1.29 is 19.1 Å². The topological polar surface area (TPSA) is 64.6 Å². The molecule has 5 nitrogen and oxygen atoms in total. The summed E-state index contributed by atoms with van der Waals surface area (Å²) in [7, 11) is 0. The number of fused-ring (bicyclic) bond motifs is 1. The summed E-state index contributed by atoms with van der Waals surface area (Å²) >= 11 is 0. The maximum absolute atomic E-state index is 12.3. The highest BCUT2D eigenvalue weighted by Crippen LogP contribution is 2.32. The molecule has 0 saturated heterocycles. The van der Waals surface area contributed by atoms with E-state index in [9.17, 15) is 9.59 Å². The number of hydrogen-bond donors (Lipinski definition) is 1. The molecule has 1 amide bonds. The van der Waals surface area contributed by atoms with Crippen molar-refractivity contribution in [2.45, 2.75) is 45.6 Å². The summed E-state index contributed by atoms with van der Waals surface area (Å²) in [4.78, 5) is 24.2. The second-order valence-electron chi connectivity index (χ2n) is 5.06. The minimum absolute atomic E-state index is 0.0672. The van der Waals surface area contributed by atoms with E-state index in [0.29, 0.717) is 29.9 Å². The number of carbonyl (C=O) groups excluding carboxylic acids is 2. The molecule has 0 radical (unpaired) electrons. The molecule has 0 fully saturated rings. The second-order valence-corrected chi connectivity index (χ2v) is 5.06. The lowest BCUT2D eigenvalue weighted by Crippen LogP contribution is -2.40. The average molecular weight is 291 g/mol. The zero-order chi connectivity index (χ0) is 15.2. The van der Waals surface area contributed by atoms with Gasteiger partial charge in [0.15, 0.2) is 17.3 Å². The Morgan fingerprint density at radius 3 is 2.71 bits per heavy atom. The number of rotatable bonds is 7. The van der Waals surface area contributed by atoms with E-state index in [0.717, 1.165) is 12.8 Å². The van der Waals surface area contributed by atoms with E-state index in [2.05, 4.69) is 12.2 Å². The standard InChI is InChI=1S/C16H21NO4/c1-3-5-6-12(13(18)4-2)17-16(19)11-7-8-14-15(9-11)21-10-20-14/h7-9,12H,3-6,10H2,1-2H3,(H,17,19). The highest BCUT2D eigenvalue weighted by molar-refractivity contribution is 5.98. The Balaban J connectivity index is 2.05. The molecule has 5 heteroatoms. The summed E-state index contributed by atoms with van der Waals surface area (Å²) in [5, 5.41) is 2.83. The van der Waals surface area contributed by atoms with Gasteiger partial charge in [0.05, 0.1) is 6.04 Å². The van der Waals surface area contributed by atoms with E-state index in [1.54, 1.807) is 18.2 Å². The van der Waals surface area contributed by atoms with Gasteiger partial charge in [-0.05, 0) is 24.6 Å². The Kier molecular flexibility index (Phi) is 5.20. The lowest BCUT2D eigenvalue weighted by Gasteiger charge is -2.17. The van der Waals surface area contributed by atoms with Gasteiger partial charge in [-0.2, -0.15) is 0 Å². The highest BCUT2D eigenvalue weighted by Gasteiger charge is 2.21. The third-order valence-corrected chi connectivity index (χ3v) is 3.52. The quantitative estimate of drug-likeness (QED) is 0.839. The van der Waals surface area contributed by atoms with E-state index < -0.39 is 6.04 Å². The lowest BCUT2D eigenvalue weighted by atomic mass is 10.0. The molecule has 0 spiro atoms. The molecule has 1 N–H and O–H groups in total.